The third kappa shape index (κ3) is 4.24. The first-order valence-electron chi connectivity index (χ1n) is 13.0. The van der Waals surface area contributed by atoms with Crippen molar-refractivity contribution in [3.05, 3.63) is 22.8 Å². The summed E-state index contributed by atoms with van der Waals surface area (Å²) in [6.07, 6.45) is -0.625. The van der Waals surface area contributed by atoms with E-state index in [-0.39, 0.29) is 37.1 Å². The lowest BCUT2D eigenvalue weighted by molar-refractivity contribution is -0.181. The minimum Gasteiger partial charge on any atom is -0.507 e. The second kappa shape index (κ2) is 10.3. The van der Waals surface area contributed by atoms with Gasteiger partial charge in [0.1, 0.15) is 5.75 Å². The lowest BCUT2D eigenvalue weighted by Gasteiger charge is -2.52. The normalized spacial score (nSPS) is 29.4. The molecule has 0 aromatic heterocycles. The van der Waals surface area contributed by atoms with E-state index in [1.54, 1.807) is 32.0 Å². The van der Waals surface area contributed by atoms with Crippen LogP contribution in [-0.2, 0) is 36.9 Å². The zero-order valence-corrected chi connectivity index (χ0v) is 23.0. The molecule has 3 aliphatic carbocycles. The Morgan fingerprint density at radius 2 is 1.80 bits per heavy atom. The Bertz CT molecular complexity index is 1320. The summed E-state index contributed by atoms with van der Waals surface area (Å²) in [6, 6.07) is 0.461. The number of alkyl carbamates (subject to hydrolysis) is 1. The molecular formula is C27H34N4O9. The molecule has 216 valence electrons. The summed E-state index contributed by atoms with van der Waals surface area (Å²) in [6.45, 7) is 1.59. The first-order valence-corrected chi connectivity index (χ1v) is 13.0. The smallest absolute Gasteiger partial charge is 0.407 e. The van der Waals surface area contributed by atoms with Crippen molar-refractivity contribution < 1.29 is 43.7 Å². The SMILES string of the molecule is CCOC(=O)NCc1cc(N(C)C)c2c(c1O)C(=O)C1C(=O)[C@]3(O)C(=O)C(C(N)=O)C(=O)C(N(C)C)[C@@H]3C[C@@H]1C2. The Hall–Kier alpha value is -3.84. The summed E-state index contributed by atoms with van der Waals surface area (Å²) in [5.41, 5.74) is 3.65. The molecule has 4 rings (SSSR count). The Morgan fingerprint density at radius 1 is 1.15 bits per heavy atom. The van der Waals surface area contributed by atoms with Crippen molar-refractivity contribution >= 4 is 40.8 Å². The molecule has 2 amide bonds. The summed E-state index contributed by atoms with van der Waals surface area (Å²) < 4.78 is 4.86. The van der Waals surface area contributed by atoms with Gasteiger partial charge in [0, 0.05) is 37.8 Å². The fourth-order valence-electron chi connectivity index (χ4n) is 6.59. The number of hydrogen-bond donors (Lipinski definition) is 4. The second-order valence-corrected chi connectivity index (χ2v) is 11.0. The number of fused-ring (bicyclic) bond motifs is 3. The number of nitrogens with zero attached hydrogens (tertiary/aromatic N) is 2. The summed E-state index contributed by atoms with van der Waals surface area (Å²) in [5.74, 6) is -11.2. The number of phenolic OH excluding ortho intramolecular Hbond substituents is 1. The number of Topliss-reactive ketones (excluding diaryl/α,β-unsaturated/α-hetero) is 4. The first-order chi connectivity index (χ1) is 18.7. The van der Waals surface area contributed by atoms with Gasteiger partial charge in [0.25, 0.3) is 0 Å². The van der Waals surface area contributed by atoms with E-state index in [0.717, 1.165) is 0 Å². The third-order valence-electron chi connectivity index (χ3n) is 8.30. The maximum Gasteiger partial charge on any atom is 0.407 e. The predicted octanol–water partition coefficient (Wildman–Crippen LogP) is -0.821. The molecule has 0 saturated heterocycles. The Kier molecular flexibility index (Phi) is 7.50. The van der Waals surface area contributed by atoms with Crippen LogP contribution in [0, 0.1) is 23.7 Å². The van der Waals surface area contributed by atoms with Crippen LogP contribution >= 0.6 is 0 Å². The van der Waals surface area contributed by atoms with Crippen LogP contribution in [-0.4, -0.2) is 96.7 Å². The third-order valence-corrected chi connectivity index (χ3v) is 8.30. The van der Waals surface area contributed by atoms with Crippen molar-refractivity contribution in [2.75, 3.05) is 39.7 Å². The van der Waals surface area contributed by atoms with Crippen LogP contribution in [0.4, 0.5) is 10.5 Å². The second-order valence-electron chi connectivity index (χ2n) is 11.0. The van der Waals surface area contributed by atoms with E-state index < -0.39 is 76.2 Å². The van der Waals surface area contributed by atoms with Gasteiger partial charge >= 0.3 is 6.09 Å². The molecule has 0 aliphatic heterocycles. The highest BCUT2D eigenvalue weighted by molar-refractivity contribution is 6.32. The molecule has 2 fully saturated rings. The van der Waals surface area contributed by atoms with Crippen molar-refractivity contribution in [3.8, 4) is 5.75 Å². The zero-order chi connectivity index (χ0) is 29.8. The lowest BCUT2D eigenvalue weighted by atomic mass is 9.52. The van der Waals surface area contributed by atoms with Crippen molar-refractivity contribution in [1.82, 2.24) is 10.2 Å². The molecule has 1 aromatic carbocycles. The molecular weight excluding hydrogens is 524 g/mol. The molecule has 0 bridgehead atoms. The standard InChI is InChI=1S/C27H34N4O9/c1-6-40-26(38)29-10-12-9-15(30(2)3)13-7-11-8-14-19(31(4)5)22(34)18(25(28)37)24(36)27(14,39)23(35)16(11)21(33)17(13)20(12)32/h9,11,14,16,18-19,32,39H,6-8,10H2,1-5H3,(H2,28,37)(H,29,38)/t11-,14-,16?,18?,19?,27-/m0/s1. The number of ether oxygens (including phenoxy) is 1. The zero-order valence-electron chi connectivity index (χ0n) is 23.0. The van der Waals surface area contributed by atoms with Crippen molar-refractivity contribution in [2.45, 2.75) is 38.0 Å². The number of hydrogen-bond acceptors (Lipinski definition) is 11. The van der Waals surface area contributed by atoms with Crippen LogP contribution in [0.5, 0.6) is 5.75 Å². The number of nitrogens with two attached hydrogens (primary N) is 1. The molecule has 2 saturated carbocycles. The monoisotopic (exact) mass is 558 g/mol. The Labute approximate surface area is 230 Å². The van der Waals surface area contributed by atoms with Gasteiger partial charge in [-0.05, 0) is 51.4 Å². The number of rotatable bonds is 6. The topological polar surface area (TPSA) is 197 Å². The highest BCUT2D eigenvalue weighted by atomic mass is 16.5. The fraction of sp³-hybridized carbons (Fsp3) is 0.556. The summed E-state index contributed by atoms with van der Waals surface area (Å²) >= 11 is 0. The lowest BCUT2D eigenvalue weighted by Crippen LogP contribution is -2.74. The van der Waals surface area contributed by atoms with Gasteiger partial charge < -0.3 is 30.9 Å². The van der Waals surface area contributed by atoms with Crippen molar-refractivity contribution in [2.24, 2.45) is 29.4 Å². The van der Waals surface area contributed by atoms with Gasteiger partial charge in [-0.2, -0.15) is 0 Å². The number of nitrogens with one attached hydrogen (secondary N) is 1. The van der Waals surface area contributed by atoms with Gasteiger partial charge in [0.2, 0.25) is 5.91 Å². The largest absolute Gasteiger partial charge is 0.507 e. The van der Waals surface area contributed by atoms with E-state index in [2.05, 4.69) is 5.32 Å². The maximum absolute atomic E-state index is 14.0. The molecule has 6 atom stereocenters. The van der Waals surface area contributed by atoms with Crippen LogP contribution in [0.25, 0.3) is 0 Å². The molecule has 13 heteroatoms. The average molecular weight is 559 g/mol. The fourth-order valence-corrected chi connectivity index (χ4v) is 6.59. The number of likely N-dealkylation sites (N-methyl/N-ethyl adjacent to an activating group) is 1. The van der Waals surface area contributed by atoms with Crippen LogP contribution in [0.1, 0.15) is 34.8 Å². The number of amides is 2. The highest BCUT2D eigenvalue weighted by Crippen LogP contribution is 2.52. The summed E-state index contributed by atoms with van der Waals surface area (Å²) in [5, 5.41) is 25.3. The Balaban J connectivity index is 1.83. The number of anilines is 1. The van der Waals surface area contributed by atoms with Crippen LogP contribution in [0.15, 0.2) is 6.07 Å². The van der Waals surface area contributed by atoms with Gasteiger partial charge in [-0.1, -0.05) is 0 Å². The number of benzene rings is 1. The molecule has 5 N–H and O–H groups in total. The molecule has 13 nitrogen and oxygen atoms in total. The molecule has 0 heterocycles. The van der Waals surface area contributed by atoms with Crippen LogP contribution in [0.3, 0.4) is 0 Å². The quantitative estimate of drug-likeness (QED) is 0.318. The summed E-state index contributed by atoms with van der Waals surface area (Å²) in [4.78, 5) is 81.6. The molecule has 1 aromatic rings. The van der Waals surface area contributed by atoms with Gasteiger partial charge in [-0.3, -0.25) is 28.9 Å². The minimum absolute atomic E-state index is 0.0380. The van der Waals surface area contributed by atoms with E-state index in [4.69, 9.17) is 10.5 Å². The van der Waals surface area contributed by atoms with E-state index >= 15 is 0 Å². The molecule has 3 unspecified atom stereocenters. The van der Waals surface area contributed by atoms with Crippen LogP contribution < -0.4 is 16.0 Å². The van der Waals surface area contributed by atoms with Gasteiger partial charge in [-0.25, -0.2) is 4.79 Å². The van der Waals surface area contributed by atoms with E-state index in [0.29, 0.717) is 11.3 Å². The molecule has 3 aliphatic rings. The molecule has 40 heavy (non-hydrogen) atoms. The maximum atomic E-state index is 14.0. The van der Waals surface area contributed by atoms with E-state index in [1.807, 2.05) is 0 Å². The first kappa shape index (κ1) is 29.2. The van der Waals surface area contributed by atoms with Crippen molar-refractivity contribution in [3.63, 3.8) is 0 Å². The van der Waals surface area contributed by atoms with Crippen LogP contribution in [0.2, 0.25) is 0 Å². The number of primary amides is 1. The summed E-state index contributed by atoms with van der Waals surface area (Å²) in [7, 11) is 6.54. The molecule has 0 radical (unpaired) electrons. The number of phenols is 1. The highest BCUT2D eigenvalue weighted by Gasteiger charge is 2.69. The van der Waals surface area contributed by atoms with Gasteiger partial charge in [0.15, 0.2) is 34.7 Å². The van der Waals surface area contributed by atoms with E-state index in [9.17, 15) is 39.0 Å². The van der Waals surface area contributed by atoms with E-state index in [1.165, 1.54) is 19.0 Å². The van der Waals surface area contributed by atoms with Crippen molar-refractivity contribution in [1.29, 1.82) is 0 Å². The predicted molar refractivity (Wildman–Crippen MR) is 140 cm³/mol. The number of ketones is 4. The Morgan fingerprint density at radius 3 is 2.35 bits per heavy atom. The minimum atomic E-state index is -2.79. The number of carbonyl (C=O) groups is 6. The number of aliphatic hydroxyl groups is 1. The number of carbonyl (C=O) groups excluding carboxylic acids is 6. The average Bonchev–Trinajstić information content (AvgIpc) is 2.85. The van der Waals surface area contributed by atoms with Gasteiger partial charge in [0.05, 0.1) is 24.1 Å². The van der Waals surface area contributed by atoms with Gasteiger partial charge in [-0.15, -0.1) is 0 Å². The molecule has 0 spiro atoms. The number of aromatic hydroxyl groups is 1.